The van der Waals surface area contributed by atoms with Crippen molar-refractivity contribution in [3.05, 3.63) is 36.4 Å². The molecule has 0 saturated heterocycles. The van der Waals surface area contributed by atoms with Gasteiger partial charge in [0.05, 0.1) is 11.5 Å². The zero-order chi connectivity index (χ0) is 15.3. The van der Waals surface area contributed by atoms with Crippen molar-refractivity contribution in [2.45, 2.75) is 31.1 Å². The first-order valence-electron chi connectivity index (χ1n) is 7.17. The number of unbranched alkanes of at least 4 members (excludes halogenated alkanes) is 2. The number of benzene rings is 2. The first kappa shape index (κ1) is 15.8. The van der Waals surface area contributed by atoms with Crippen LogP contribution in [0.4, 0.5) is 0 Å². The number of fused-ring (bicyclic) bond motifs is 1. The van der Waals surface area contributed by atoms with Crippen LogP contribution in [0.5, 0.6) is 5.75 Å². The van der Waals surface area contributed by atoms with E-state index in [9.17, 15) is 8.42 Å². The summed E-state index contributed by atoms with van der Waals surface area (Å²) in [4.78, 5) is 0.272. The van der Waals surface area contributed by atoms with Crippen LogP contribution in [0.25, 0.3) is 10.8 Å². The summed E-state index contributed by atoms with van der Waals surface area (Å²) in [7, 11) is -1.99. The molecule has 0 aliphatic carbocycles. The molecule has 0 bridgehead atoms. The average Bonchev–Trinajstić information content (AvgIpc) is 2.51. The van der Waals surface area contributed by atoms with Crippen molar-refractivity contribution in [2.24, 2.45) is 0 Å². The molecule has 21 heavy (non-hydrogen) atoms. The van der Waals surface area contributed by atoms with E-state index in [1.165, 1.54) is 19.9 Å². The standard InChI is InChI=1S/C16H21NO3S/c1-3-4-5-10-20-15-8-6-14-12-16(21(18,19)17-2)9-7-13(14)11-15/h6-9,11-12,17H,3-5,10H2,1-2H3. The van der Waals surface area contributed by atoms with Crippen LogP contribution in [0.1, 0.15) is 26.2 Å². The highest BCUT2D eigenvalue weighted by Crippen LogP contribution is 2.24. The lowest BCUT2D eigenvalue weighted by Gasteiger charge is -2.08. The third-order valence-corrected chi connectivity index (χ3v) is 4.79. The summed E-state index contributed by atoms with van der Waals surface area (Å²) in [6.45, 7) is 2.87. The molecule has 5 heteroatoms. The van der Waals surface area contributed by atoms with Gasteiger partial charge in [-0.05, 0) is 48.5 Å². The predicted octanol–water partition coefficient (Wildman–Crippen LogP) is 3.32. The summed E-state index contributed by atoms with van der Waals surface area (Å²) in [6.07, 6.45) is 3.39. The van der Waals surface area contributed by atoms with Gasteiger partial charge in [-0.25, -0.2) is 13.1 Å². The fourth-order valence-electron chi connectivity index (χ4n) is 2.12. The lowest BCUT2D eigenvalue weighted by Crippen LogP contribution is -2.18. The van der Waals surface area contributed by atoms with E-state index in [1.807, 2.05) is 18.2 Å². The van der Waals surface area contributed by atoms with E-state index in [-0.39, 0.29) is 4.90 Å². The summed E-state index contributed by atoms with van der Waals surface area (Å²) >= 11 is 0. The summed E-state index contributed by atoms with van der Waals surface area (Å²) < 4.78 is 31.6. The smallest absolute Gasteiger partial charge is 0.240 e. The van der Waals surface area contributed by atoms with Gasteiger partial charge in [-0.3, -0.25) is 0 Å². The second kappa shape index (κ2) is 6.91. The monoisotopic (exact) mass is 307 g/mol. The van der Waals surface area contributed by atoms with Gasteiger partial charge in [-0.1, -0.05) is 31.9 Å². The minimum atomic E-state index is -3.40. The van der Waals surface area contributed by atoms with Gasteiger partial charge < -0.3 is 4.74 Å². The van der Waals surface area contributed by atoms with E-state index in [1.54, 1.807) is 18.2 Å². The zero-order valence-corrected chi connectivity index (χ0v) is 13.2. The van der Waals surface area contributed by atoms with Crippen LogP contribution in [-0.4, -0.2) is 22.1 Å². The largest absolute Gasteiger partial charge is 0.494 e. The van der Waals surface area contributed by atoms with Crippen LogP contribution in [0.2, 0.25) is 0 Å². The Balaban J connectivity index is 2.20. The summed E-state index contributed by atoms with van der Waals surface area (Å²) in [6, 6.07) is 10.8. The molecule has 2 aromatic carbocycles. The van der Waals surface area contributed by atoms with E-state index in [0.29, 0.717) is 6.61 Å². The molecule has 0 radical (unpaired) electrons. The highest BCUT2D eigenvalue weighted by Gasteiger charge is 2.11. The minimum Gasteiger partial charge on any atom is -0.494 e. The van der Waals surface area contributed by atoms with Gasteiger partial charge in [0, 0.05) is 0 Å². The highest BCUT2D eigenvalue weighted by molar-refractivity contribution is 7.89. The van der Waals surface area contributed by atoms with E-state index in [2.05, 4.69) is 11.6 Å². The number of hydrogen-bond donors (Lipinski definition) is 1. The van der Waals surface area contributed by atoms with Crippen molar-refractivity contribution in [1.82, 2.24) is 4.72 Å². The summed E-state index contributed by atoms with van der Waals surface area (Å²) in [5, 5.41) is 1.85. The SMILES string of the molecule is CCCCCOc1ccc2cc(S(=O)(=O)NC)ccc2c1. The third-order valence-electron chi connectivity index (χ3n) is 3.38. The molecule has 0 fully saturated rings. The summed E-state index contributed by atoms with van der Waals surface area (Å²) in [5.41, 5.74) is 0. The first-order chi connectivity index (χ1) is 10.1. The highest BCUT2D eigenvalue weighted by atomic mass is 32.2. The molecular weight excluding hydrogens is 286 g/mol. The molecule has 1 N–H and O–H groups in total. The molecule has 0 aromatic heterocycles. The van der Waals surface area contributed by atoms with Gasteiger partial charge in [-0.15, -0.1) is 0 Å². The van der Waals surface area contributed by atoms with Crippen LogP contribution >= 0.6 is 0 Å². The average molecular weight is 307 g/mol. The van der Waals surface area contributed by atoms with Crippen molar-refractivity contribution in [3.8, 4) is 5.75 Å². The Kier molecular flexibility index (Phi) is 5.20. The molecule has 2 rings (SSSR count). The molecule has 2 aromatic rings. The molecule has 0 amide bonds. The van der Waals surface area contributed by atoms with Gasteiger partial charge in [0.1, 0.15) is 5.75 Å². The van der Waals surface area contributed by atoms with Gasteiger partial charge >= 0.3 is 0 Å². The Morgan fingerprint density at radius 1 is 1.05 bits per heavy atom. The Bertz CT molecular complexity index is 711. The van der Waals surface area contributed by atoms with Gasteiger partial charge in [0.25, 0.3) is 0 Å². The third kappa shape index (κ3) is 3.95. The minimum absolute atomic E-state index is 0.272. The van der Waals surface area contributed by atoms with Crippen molar-refractivity contribution in [2.75, 3.05) is 13.7 Å². The maximum atomic E-state index is 11.8. The van der Waals surface area contributed by atoms with Gasteiger partial charge in [-0.2, -0.15) is 0 Å². The molecule has 0 heterocycles. The fraction of sp³-hybridized carbons (Fsp3) is 0.375. The normalized spacial score (nSPS) is 11.7. The molecule has 0 aliphatic heterocycles. The van der Waals surface area contributed by atoms with Crippen molar-refractivity contribution in [1.29, 1.82) is 0 Å². The molecule has 0 unspecified atom stereocenters. The van der Waals surface area contributed by atoms with E-state index < -0.39 is 10.0 Å². The molecule has 114 valence electrons. The molecule has 0 saturated carbocycles. The number of ether oxygens (including phenoxy) is 1. The van der Waals surface area contributed by atoms with Gasteiger partial charge in [0.2, 0.25) is 10.0 Å². The second-order valence-corrected chi connectivity index (χ2v) is 6.82. The summed E-state index contributed by atoms with van der Waals surface area (Å²) in [5.74, 6) is 0.822. The molecule has 0 aliphatic rings. The molecule has 0 atom stereocenters. The maximum absolute atomic E-state index is 11.8. The Hall–Kier alpha value is -1.59. The number of nitrogens with one attached hydrogen (secondary N) is 1. The lowest BCUT2D eigenvalue weighted by molar-refractivity contribution is 0.306. The quantitative estimate of drug-likeness (QED) is 0.798. The van der Waals surface area contributed by atoms with E-state index >= 15 is 0 Å². The Morgan fingerprint density at radius 2 is 1.76 bits per heavy atom. The van der Waals surface area contributed by atoms with Crippen LogP contribution in [-0.2, 0) is 10.0 Å². The topological polar surface area (TPSA) is 55.4 Å². The predicted molar refractivity (Wildman–Crippen MR) is 85.2 cm³/mol. The van der Waals surface area contributed by atoms with Crippen molar-refractivity contribution >= 4 is 20.8 Å². The molecular formula is C16H21NO3S. The first-order valence-corrected chi connectivity index (χ1v) is 8.65. The van der Waals surface area contributed by atoms with Crippen LogP contribution in [0.3, 0.4) is 0 Å². The van der Waals surface area contributed by atoms with Crippen LogP contribution < -0.4 is 9.46 Å². The zero-order valence-electron chi connectivity index (χ0n) is 12.4. The number of sulfonamides is 1. The van der Waals surface area contributed by atoms with E-state index in [0.717, 1.165) is 22.9 Å². The van der Waals surface area contributed by atoms with Crippen molar-refractivity contribution in [3.63, 3.8) is 0 Å². The maximum Gasteiger partial charge on any atom is 0.240 e. The number of hydrogen-bond acceptors (Lipinski definition) is 3. The van der Waals surface area contributed by atoms with Crippen LogP contribution in [0.15, 0.2) is 41.3 Å². The Morgan fingerprint density at radius 3 is 2.48 bits per heavy atom. The van der Waals surface area contributed by atoms with E-state index in [4.69, 9.17) is 4.74 Å². The lowest BCUT2D eigenvalue weighted by atomic mass is 10.1. The van der Waals surface area contributed by atoms with Crippen LogP contribution in [0, 0.1) is 0 Å². The Labute approximate surface area is 126 Å². The fourth-order valence-corrected chi connectivity index (χ4v) is 2.88. The molecule has 0 spiro atoms. The molecule has 4 nitrogen and oxygen atoms in total. The van der Waals surface area contributed by atoms with Gasteiger partial charge in [0.15, 0.2) is 0 Å². The second-order valence-electron chi connectivity index (χ2n) is 4.93. The number of rotatable bonds is 7. The van der Waals surface area contributed by atoms with Crippen molar-refractivity contribution < 1.29 is 13.2 Å².